The van der Waals surface area contributed by atoms with E-state index in [0.717, 1.165) is 24.1 Å². The zero-order chi connectivity index (χ0) is 30.2. The monoisotopic (exact) mass is 549 g/mol. The van der Waals surface area contributed by atoms with Gasteiger partial charge in [-0.1, -0.05) is 104 Å². The lowest BCUT2D eigenvalue weighted by atomic mass is 9.97. The van der Waals surface area contributed by atoms with Crippen molar-refractivity contribution in [1.29, 1.82) is 0 Å². The molecule has 0 fully saturated rings. The minimum atomic E-state index is -0.261. The Morgan fingerprint density at radius 3 is 1.50 bits per heavy atom. The zero-order valence-corrected chi connectivity index (χ0v) is 26.0. The predicted octanol–water partition coefficient (Wildman–Crippen LogP) is 6.91. The van der Waals surface area contributed by atoms with Crippen LogP contribution in [0, 0.1) is 17.8 Å². The van der Waals surface area contributed by atoms with E-state index in [1.807, 2.05) is 24.3 Å². The van der Waals surface area contributed by atoms with Gasteiger partial charge in [0.1, 0.15) is 0 Å². The molecule has 2 aromatic rings. The summed E-state index contributed by atoms with van der Waals surface area (Å²) in [5.41, 5.74) is 4.80. The first-order chi connectivity index (χ1) is 18.8. The molecule has 5 nitrogen and oxygen atoms in total. The highest BCUT2D eigenvalue weighted by atomic mass is 16.2. The molecule has 0 aliphatic rings. The van der Waals surface area contributed by atoms with E-state index in [1.165, 1.54) is 17.5 Å². The van der Waals surface area contributed by atoms with Gasteiger partial charge in [0.2, 0.25) is 11.6 Å². The number of nitrogens with one attached hydrogen (secondary N) is 1. The van der Waals surface area contributed by atoms with Gasteiger partial charge in [0.05, 0.1) is 0 Å². The Morgan fingerprint density at radius 2 is 1.05 bits per heavy atom. The fourth-order valence-electron chi connectivity index (χ4n) is 3.95. The van der Waals surface area contributed by atoms with Crippen LogP contribution in [0.3, 0.4) is 0 Å². The van der Waals surface area contributed by atoms with Crippen LogP contribution >= 0.6 is 0 Å². The molecule has 0 aliphatic heterocycles. The van der Waals surface area contributed by atoms with E-state index in [-0.39, 0.29) is 35.0 Å². The van der Waals surface area contributed by atoms with Crippen molar-refractivity contribution in [3.8, 4) is 0 Å². The Kier molecular flexibility index (Phi) is 16.2. The molecule has 1 N–H and O–H groups in total. The quantitative estimate of drug-likeness (QED) is 0.230. The fourth-order valence-corrected chi connectivity index (χ4v) is 3.95. The van der Waals surface area contributed by atoms with E-state index in [1.54, 1.807) is 27.7 Å². The van der Waals surface area contributed by atoms with Crippen molar-refractivity contribution in [2.24, 2.45) is 17.8 Å². The van der Waals surface area contributed by atoms with Crippen LogP contribution in [-0.4, -0.2) is 29.2 Å². The second-order valence-electron chi connectivity index (χ2n) is 12.0. The molecule has 0 heterocycles. The minimum Gasteiger partial charge on any atom is -0.310 e. The standard InChI is InChI=1S/C18H26O2.C17H25NO2/c1-13(2)8-9-15-6-5-7-16(12-15)10-11-17(19)18(20)14(3)4;1-12(2)17(20)16(19)10-9-14-5-7-15(8-6-14)11-18-13(3)4/h5-7,12-14H,8-11H2,1-4H3;5-8,12-13,18H,9-11H2,1-4H3. The molecule has 40 heavy (non-hydrogen) atoms. The van der Waals surface area contributed by atoms with Crippen LogP contribution in [0.25, 0.3) is 0 Å². The van der Waals surface area contributed by atoms with Gasteiger partial charge in [0.25, 0.3) is 0 Å². The molecule has 0 saturated carbocycles. The van der Waals surface area contributed by atoms with Gasteiger partial charge < -0.3 is 5.32 Å². The van der Waals surface area contributed by atoms with Gasteiger partial charge in [-0.05, 0) is 53.9 Å². The Hall–Kier alpha value is -2.92. The molecular formula is C35H51NO4. The largest absolute Gasteiger partial charge is 0.310 e. The van der Waals surface area contributed by atoms with Gasteiger partial charge >= 0.3 is 0 Å². The minimum absolute atomic E-state index is 0.195. The summed E-state index contributed by atoms with van der Waals surface area (Å²) in [6.45, 7) is 16.6. The van der Waals surface area contributed by atoms with Crippen molar-refractivity contribution in [3.05, 3.63) is 70.8 Å². The summed E-state index contributed by atoms with van der Waals surface area (Å²) in [4.78, 5) is 46.4. The first kappa shape index (κ1) is 35.1. The van der Waals surface area contributed by atoms with E-state index >= 15 is 0 Å². The molecule has 220 valence electrons. The first-order valence-corrected chi connectivity index (χ1v) is 14.8. The number of aryl methyl sites for hydroxylation is 3. The summed E-state index contributed by atoms with van der Waals surface area (Å²) in [6.07, 6.45) is 4.17. The lowest BCUT2D eigenvalue weighted by Crippen LogP contribution is -2.21. The molecule has 0 radical (unpaired) electrons. The van der Waals surface area contributed by atoms with Gasteiger partial charge in [0.15, 0.2) is 11.6 Å². The Bertz CT molecular complexity index is 1080. The number of carbonyl (C=O) groups excluding carboxylic acids is 4. The van der Waals surface area contributed by atoms with Crippen molar-refractivity contribution in [1.82, 2.24) is 5.32 Å². The molecule has 0 spiro atoms. The molecule has 5 heteroatoms. The van der Waals surface area contributed by atoms with Crippen molar-refractivity contribution in [2.45, 2.75) is 107 Å². The van der Waals surface area contributed by atoms with E-state index in [2.05, 4.69) is 57.3 Å². The van der Waals surface area contributed by atoms with E-state index in [4.69, 9.17) is 0 Å². The maximum Gasteiger partial charge on any atom is 0.200 e. The lowest BCUT2D eigenvalue weighted by molar-refractivity contribution is -0.138. The number of carbonyl (C=O) groups is 4. The molecule has 2 aromatic carbocycles. The van der Waals surface area contributed by atoms with E-state index < -0.39 is 0 Å². The summed E-state index contributed by atoms with van der Waals surface area (Å²) in [5.74, 6) is -0.711. The maximum absolute atomic E-state index is 11.7. The number of Topliss-reactive ketones (excluding diaryl/α,β-unsaturated/α-hetero) is 4. The lowest BCUT2D eigenvalue weighted by Gasteiger charge is -2.09. The van der Waals surface area contributed by atoms with Crippen LogP contribution in [0.15, 0.2) is 48.5 Å². The number of hydrogen-bond donors (Lipinski definition) is 1. The van der Waals surface area contributed by atoms with Crippen LogP contribution in [0.2, 0.25) is 0 Å². The maximum atomic E-state index is 11.7. The summed E-state index contributed by atoms with van der Waals surface area (Å²) in [5, 5.41) is 3.36. The molecule has 0 aromatic heterocycles. The van der Waals surface area contributed by atoms with Gasteiger partial charge in [-0.3, -0.25) is 19.2 Å². The highest BCUT2D eigenvalue weighted by molar-refractivity contribution is 6.38. The van der Waals surface area contributed by atoms with E-state index in [0.29, 0.717) is 37.6 Å². The highest BCUT2D eigenvalue weighted by Crippen LogP contribution is 2.13. The summed E-state index contributed by atoms with van der Waals surface area (Å²) in [7, 11) is 0. The first-order valence-electron chi connectivity index (χ1n) is 14.8. The van der Waals surface area contributed by atoms with Crippen LogP contribution in [0.1, 0.15) is 96.9 Å². The number of rotatable bonds is 16. The van der Waals surface area contributed by atoms with Crippen LogP contribution in [0.5, 0.6) is 0 Å². The molecule has 2 rings (SSSR count). The molecule has 0 unspecified atom stereocenters. The second-order valence-corrected chi connectivity index (χ2v) is 12.0. The summed E-state index contributed by atoms with van der Waals surface area (Å²) in [6, 6.07) is 17.0. The van der Waals surface area contributed by atoms with Gasteiger partial charge in [-0.2, -0.15) is 0 Å². The topological polar surface area (TPSA) is 80.3 Å². The highest BCUT2D eigenvalue weighted by Gasteiger charge is 2.17. The number of hydrogen-bond acceptors (Lipinski definition) is 5. The third kappa shape index (κ3) is 14.5. The summed E-state index contributed by atoms with van der Waals surface area (Å²) >= 11 is 0. The predicted molar refractivity (Wildman–Crippen MR) is 164 cm³/mol. The molecule has 0 bridgehead atoms. The van der Waals surface area contributed by atoms with Crippen LogP contribution in [-0.2, 0) is 45.0 Å². The van der Waals surface area contributed by atoms with Crippen molar-refractivity contribution in [2.75, 3.05) is 0 Å². The van der Waals surface area contributed by atoms with Crippen molar-refractivity contribution >= 4 is 23.1 Å². The van der Waals surface area contributed by atoms with Crippen LogP contribution < -0.4 is 5.32 Å². The summed E-state index contributed by atoms with van der Waals surface area (Å²) < 4.78 is 0. The van der Waals surface area contributed by atoms with Gasteiger partial charge in [0, 0.05) is 37.3 Å². The van der Waals surface area contributed by atoms with Crippen molar-refractivity contribution in [3.63, 3.8) is 0 Å². The molecule has 0 amide bonds. The average molecular weight is 550 g/mol. The van der Waals surface area contributed by atoms with Gasteiger partial charge in [-0.15, -0.1) is 0 Å². The van der Waals surface area contributed by atoms with Gasteiger partial charge in [-0.25, -0.2) is 0 Å². The Morgan fingerprint density at radius 1 is 0.600 bits per heavy atom. The van der Waals surface area contributed by atoms with E-state index in [9.17, 15) is 19.2 Å². The molecular weight excluding hydrogens is 498 g/mol. The Labute approximate surface area is 242 Å². The smallest absolute Gasteiger partial charge is 0.200 e. The normalized spacial score (nSPS) is 11.1. The molecule has 0 aliphatic carbocycles. The number of ketones is 4. The SMILES string of the molecule is CC(C)CCc1cccc(CCC(=O)C(=O)C(C)C)c1.CC(C)NCc1ccc(CCC(=O)C(=O)C(C)C)cc1. The Balaban J connectivity index is 0.000000400. The zero-order valence-electron chi connectivity index (χ0n) is 26.0. The third-order valence-corrected chi connectivity index (χ3v) is 6.62. The second kappa shape index (κ2) is 18.4. The third-order valence-electron chi connectivity index (χ3n) is 6.62. The molecule has 0 atom stereocenters. The average Bonchev–Trinajstić information content (AvgIpc) is 2.92. The molecule has 0 saturated heterocycles. The fraction of sp³-hybridized carbons (Fsp3) is 0.543. The van der Waals surface area contributed by atoms with Crippen LogP contribution in [0.4, 0.5) is 0 Å². The van der Waals surface area contributed by atoms with Crippen molar-refractivity contribution < 1.29 is 19.2 Å². The number of benzene rings is 2.